The Labute approximate surface area is 175 Å². The Morgan fingerprint density at radius 3 is 2.31 bits per heavy atom. The van der Waals surface area contributed by atoms with Crippen molar-refractivity contribution >= 4 is 27.9 Å². The minimum atomic E-state index is -0.00219. The predicted molar refractivity (Wildman–Crippen MR) is 125 cm³/mol. The number of unbranched alkanes of at least 4 members (excludes halogenated alkanes) is 2. The fourth-order valence-corrected chi connectivity index (χ4v) is 4.10. The number of hydrogen-bond donors (Lipinski definition) is 0. The lowest BCUT2D eigenvalue weighted by Crippen LogP contribution is -2.06. The van der Waals surface area contributed by atoms with Gasteiger partial charge in [0.1, 0.15) is 0 Å². The van der Waals surface area contributed by atoms with Gasteiger partial charge in [0.2, 0.25) is 0 Å². The molecule has 0 heterocycles. The van der Waals surface area contributed by atoms with Crippen molar-refractivity contribution in [2.24, 2.45) is 0 Å². The minimum Gasteiger partial charge on any atom is -0.294 e. The molecule has 0 N–H and O–H groups in total. The Kier molecular flexibility index (Phi) is 8.13. The summed E-state index contributed by atoms with van der Waals surface area (Å²) in [5.74, 6) is 0.129. The van der Waals surface area contributed by atoms with Gasteiger partial charge in [-0.2, -0.15) is 0 Å². The number of carbonyl (C=O) groups excluding carboxylic acids is 2. The van der Waals surface area contributed by atoms with Crippen LogP contribution in [0.5, 0.6) is 0 Å². The molecule has 0 saturated heterocycles. The molecule has 2 rings (SSSR count). The quantitative estimate of drug-likeness (QED) is 0.248. The zero-order valence-corrected chi connectivity index (χ0v) is 18.8. The van der Waals surface area contributed by atoms with Crippen molar-refractivity contribution in [1.29, 1.82) is 0 Å². The molecule has 0 fully saturated rings. The molecule has 0 aliphatic heterocycles. The monoisotopic (exact) mass is 390 g/mol. The van der Waals surface area contributed by atoms with Gasteiger partial charge in [0.05, 0.1) is 0 Å². The minimum absolute atomic E-state index is 0.00219. The number of fused-ring (bicyclic) bond motifs is 1. The van der Waals surface area contributed by atoms with E-state index in [0.29, 0.717) is 17.5 Å². The van der Waals surface area contributed by atoms with E-state index >= 15 is 0 Å². The molecule has 2 nitrogen and oxygen atoms in total. The molecule has 0 saturated carbocycles. The average molecular weight is 391 g/mol. The van der Waals surface area contributed by atoms with Gasteiger partial charge in [0, 0.05) is 22.9 Å². The highest BCUT2D eigenvalue weighted by atomic mass is 16.1. The molecule has 2 aromatic rings. The van der Waals surface area contributed by atoms with Crippen molar-refractivity contribution in [3.63, 3.8) is 0 Å². The summed E-state index contributed by atoms with van der Waals surface area (Å²) in [6.45, 7) is 12.1. The molecule has 0 aliphatic rings. The zero-order valence-electron chi connectivity index (χ0n) is 18.8. The normalized spacial score (nSPS) is 12.5. The number of rotatable bonds is 9. The second kappa shape index (κ2) is 10.3. The molecule has 0 bridgehead atoms. The first-order valence-corrected chi connectivity index (χ1v) is 10.8. The van der Waals surface area contributed by atoms with Crippen LogP contribution in [0.2, 0.25) is 0 Å². The third-order valence-electron chi connectivity index (χ3n) is 5.63. The zero-order chi connectivity index (χ0) is 21.6. The third-order valence-corrected chi connectivity index (χ3v) is 5.63. The molecule has 0 amide bonds. The van der Waals surface area contributed by atoms with Gasteiger partial charge in [0.15, 0.2) is 11.6 Å². The van der Waals surface area contributed by atoms with Gasteiger partial charge >= 0.3 is 0 Å². The molecule has 2 aromatic carbocycles. The summed E-state index contributed by atoms with van der Waals surface area (Å²) < 4.78 is 0. The number of benzene rings is 2. The molecule has 154 valence electrons. The van der Waals surface area contributed by atoms with Crippen LogP contribution in [0, 0.1) is 6.92 Å². The molecule has 0 aromatic heterocycles. The highest BCUT2D eigenvalue weighted by molar-refractivity contribution is 6.17. The fraction of sp³-hybridized carbons (Fsp3) is 0.407. The molecule has 29 heavy (non-hydrogen) atoms. The molecule has 0 unspecified atom stereocenters. The van der Waals surface area contributed by atoms with Gasteiger partial charge in [0.25, 0.3) is 0 Å². The first kappa shape index (κ1) is 22.8. The van der Waals surface area contributed by atoms with E-state index in [0.717, 1.165) is 53.2 Å². The maximum Gasteiger partial charge on any atom is 0.163 e. The van der Waals surface area contributed by atoms with Crippen LogP contribution in [0.4, 0.5) is 0 Å². The van der Waals surface area contributed by atoms with E-state index in [-0.39, 0.29) is 11.6 Å². The number of hydrogen-bond acceptors (Lipinski definition) is 2. The van der Waals surface area contributed by atoms with Crippen molar-refractivity contribution in [2.45, 2.75) is 73.6 Å². The Morgan fingerprint density at radius 2 is 1.72 bits per heavy atom. The summed E-state index contributed by atoms with van der Waals surface area (Å²) in [6.07, 6.45) is 8.84. The summed E-state index contributed by atoms with van der Waals surface area (Å²) in [7, 11) is 0. The summed E-state index contributed by atoms with van der Waals surface area (Å²) in [5.41, 5.74) is 5.87. The standard InChI is InChI=1S/C27H34O2/c1-7-10-11-16-26(29)23-15-12-14-22-19(5)24(17-25(20(6)28)27(22)23)21(9-3)18(4)13-8-2/h9,12-15,17H,7-8,10-11,16H2,1-6H3/b18-13-,21-9+. The van der Waals surface area contributed by atoms with Crippen molar-refractivity contribution in [3.8, 4) is 0 Å². The van der Waals surface area contributed by atoms with Crippen LogP contribution >= 0.6 is 0 Å². The lowest BCUT2D eigenvalue weighted by atomic mass is 9.85. The Hall–Kier alpha value is -2.48. The second-order valence-electron chi connectivity index (χ2n) is 7.76. The number of carbonyl (C=O) groups is 2. The van der Waals surface area contributed by atoms with Crippen LogP contribution < -0.4 is 0 Å². The summed E-state index contributed by atoms with van der Waals surface area (Å²) >= 11 is 0. The van der Waals surface area contributed by atoms with E-state index in [2.05, 4.69) is 39.8 Å². The first-order chi connectivity index (χ1) is 13.9. The molecular weight excluding hydrogens is 356 g/mol. The van der Waals surface area contributed by atoms with Gasteiger partial charge in [-0.15, -0.1) is 0 Å². The van der Waals surface area contributed by atoms with E-state index in [9.17, 15) is 9.59 Å². The van der Waals surface area contributed by atoms with Crippen molar-refractivity contribution in [2.75, 3.05) is 0 Å². The van der Waals surface area contributed by atoms with Crippen LogP contribution in [-0.4, -0.2) is 11.6 Å². The Balaban J connectivity index is 2.76. The predicted octanol–water partition coefficient (Wildman–Crippen LogP) is 7.87. The summed E-state index contributed by atoms with van der Waals surface area (Å²) in [6, 6.07) is 7.85. The Bertz CT molecular complexity index is 974. The molecule has 0 spiro atoms. The van der Waals surface area contributed by atoms with Crippen molar-refractivity contribution in [3.05, 3.63) is 64.2 Å². The highest BCUT2D eigenvalue weighted by Gasteiger charge is 2.20. The maximum absolute atomic E-state index is 13.0. The van der Waals surface area contributed by atoms with E-state index in [1.54, 1.807) is 6.92 Å². The molecule has 2 heteroatoms. The lowest BCUT2D eigenvalue weighted by molar-refractivity contribution is 0.0980. The smallest absolute Gasteiger partial charge is 0.163 e. The van der Waals surface area contributed by atoms with Gasteiger partial charge in [-0.25, -0.2) is 0 Å². The molecule has 0 atom stereocenters. The van der Waals surface area contributed by atoms with Gasteiger partial charge in [-0.05, 0) is 74.3 Å². The average Bonchev–Trinajstić information content (AvgIpc) is 2.69. The van der Waals surface area contributed by atoms with Crippen LogP contribution in [0.1, 0.15) is 98.6 Å². The van der Waals surface area contributed by atoms with Crippen LogP contribution in [0.15, 0.2) is 42.0 Å². The molecular formula is C27H34O2. The van der Waals surface area contributed by atoms with E-state index < -0.39 is 0 Å². The van der Waals surface area contributed by atoms with Crippen molar-refractivity contribution < 1.29 is 9.59 Å². The van der Waals surface area contributed by atoms with E-state index in [1.165, 1.54) is 5.57 Å². The number of Topliss-reactive ketones (excluding diaryl/α,β-unsaturated/α-hetero) is 2. The summed E-state index contributed by atoms with van der Waals surface area (Å²) in [5, 5.41) is 1.81. The highest BCUT2D eigenvalue weighted by Crippen LogP contribution is 2.35. The van der Waals surface area contributed by atoms with Gasteiger partial charge in [-0.3, -0.25) is 9.59 Å². The summed E-state index contributed by atoms with van der Waals surface area (Å²) in [4.78, 5) is 25.6. The fourth-order valence-electron chi connectivity index (χ4n) is 4.10. The Morgan fingerprint density at radius 1 is 1.00 bits per heavy atom. The van der Waals surface area contributed by atoms with Crippen LogP contribution in [0.25, 0.3) is 16.3 Å². The largest absolute Gasteiger partial charge is 0.294 e. The second-order valence-corrected chi connectivity index (χ2v) is 7.76. The van der Waals surface area contributed by atoms with E-state index in [1.807, 2.05) is 31.2 Å². The lowest BCUT2D eigenvalue weighted by Gasteiger charge is -2.18. The maximum atomic E-state index is 13.0. The topological polar surface area (TPSA) is 34.1 Å². The molecule has 0 aliphatic carbocycles. The number of allylic oxidation sites excluding steroid dienone is 4. The first-order valence-electron chi connectivity index (χ1n) is 10.8. The molecule has 0 radical (unpaired) electrons. The SMILES string of the molecule is C/C=C(\C(C)=C/CC)c1cc(C(C)=O)c2c(C(=O)CCCCC)cccc2c1C. The third kappa shape index (κ3) is 4.93. The number of aryl methyl sites for hydroxylation is 1. The van der Waals surface area contributed by atoms with Crippen molar-refractivity contribution in [1.82, 2.24) is 0 Å². The van der Waals surface area contributed by atoms with Crippen LogP contribution in [-0.2, 0) is 0 Å². The van der Waals surface area contributed by atoms with Crippen LogP contribution in [0.3, 0.4) is 0 Å². The van der Waals surface area contributed by atoms with E-state index in [4.69, 9.17) is 0 Å². The number of ketones is 2. The van der Waals surface area contributed by atoms with Gasteiger partial charge in [-0.1, -0.05) is 57.0 Å². The van der Waals surface area contributed by atoms with Gasteiger partial charge < -0.3 is 0 Å².